The molecule has 0 saturated carbocycles. The van der Waals surface area contributed by atoms with Gasteiger partial charge in [-0.1, -0.05) is 30.3 Å². The summed E-state index contributed by atoms with van der Waals surface area (Å²) in [6.07, 6.45) is -3.44. The molecule has 0 aromatic heterocycles. The molecule has 29 heavy (non-hydrogen) atoms. The fourth-order valence-corrected chi connectivity index (χ4v) is 5.04. The summed E-state index contributed by atoms with van der Waals surface area (Å²) in [5.74, 6) is -0.323. The lowest BCUT2D eigenvalue weighted by Gasteiger charge is -2.38. The zero-order valence-corrected chi connectivity index (χ0v) is 16.3. The van der Waals surface area contributed by atoms with Crippen molar-refractivity contribution in [2.24, 2.45) is 0 Å². The Hall–Kier alpha value is -2.48. The molecule has 1 spiro atoms. The largest absolute Gasteiger partial charge is 0.417 e. The summed E-state index contributed by atoms with van der Waals surface area (Å²) in [5.41, 5.74) is 0.431. The first-order valence-corrected chi connectivity index (χ1v) is 10.3. The molecule has 0 aliphatic carbocycles. The topological polar surface area (TPSA) is 49.4 Å². The van der Waals surface area contributed by atoms with Crippen LogP contribution in [0.5, 0.6) is 0 Å². The molecule has 152 valence electrons. The minimum Gasteiger partial charge on any atom is -0.342 e. The van der Waals surface area contributed by atoms with Crippen LogP contribution >= 0.6 is 11.8 Å². The van der Waals surface area contributed by atoms with Gasteiger partial charge in [-0.25, -0.2) is 0 Å². The number of piperidine rings is 1. The number of halogens is 3. The van der Waals surface area contributed by atoms with Gasteiger partial charge in [0.05, 0.1) is 16.7 Å². The number of benzene rings is 2. The van der Waals surface area contributed by atoms with Gasteiger partial charge in [-0.3, -0.25) is 9.59 Å². The average molecular weight is 420 g/mol. The molecule has 2 aromatic carbocycles. The van der Waals surface area contributed by atoms with Gasteiger partial charge in [-0.15, -0.1) is 11.8 Å². The van der Waals surface area contributed by atoms with Crippen LogP contribution in [0.1, 0.15) is 24.0 Å². The van der Waals surface area contributed by atoms with Crippen LogP contribution in [0.25, 0.3) is 0 Å². The van der Waals surface area contributed by atoms with Gasteiger partial charge in [0.15, 0.2) is 0 Å². The number of rotatable bonds is 3. The summed E-state index contributed by atoms with van der Waals surface area (Å²) in [5, 5.41) is 2.92. The molecule has 4 rings (SSSR count). The molecular formula is C21H19F3N2O2S. The van der Waals surface area contributed by atoms with E-state index in [-0.39, 0.29) is 22.5 Å². The maximum absolute atomic E-state index is 13.1. The van der Waals surface area contributed by atoms with Crippen LogP contribution in [0.3, 0.4) is 0 Å². The highest BCUT2D eigenvalue weighted by Crippen LogP contribution is 2.45. The van der Waals surface area contributed by atoms with Crippen LogP contribution in [0, 0.1) is 0 Å². The SMILES string of the molecule is O=C(CSc1ccccc1C(F)(F)F)N1CCC2(CC1)C(=O)Nc1ccccc12. The molecular weight excluding hydrogens is 401 g/mol. The number of thioether (sulfide) groups is 1. The number of carbonyl (C=O) groups is 2. The number of anilines is 1. The van der Waals surface area contributed by atoms with E-state index in [4.69, 9.17) is 0 Å². The minimum absolute atomic E-state index is 0.0423. The molecule has 2 aromatic rings. The quantitative estimate of drug-likeness (QED) is 0.753. The first-order valence-electron chi connectivity index (χ1n) is 9.29. The van der Waals surface area contributed by atoms with E-state index in [1.165, 1.54) is 18.2 Å². The normalized spacial score (nSPS) is 17.9. The highest BCUT2D eigenvalue weighted by molar-refractivity contribution is 8.00. The van der Waals surface area contributed by atoms with Gasteiger partial charge in [-0.2, -0.15) is 13.2 Å². The summed E-state index contributed by atoms with van der Waals surface area (Å²) < 4.78 is 39.3. The second kappa shape index (κ2) is 7.40. The maximum Gasteiger partial charge on any atom is 0.417 e. The molecule has 0 atom stereocenters. The van der Waals surface area contributed by atoms with Crippen molar-refractivity contribution in [1.82, 2.24) is 4.90 Å². The van der Waals surface area contributed by atoms with Gasteiger partial charge in [0, 0.05) is 23.7 Å². The van der Waals surface area contributed by atoms with E-state index in [1.54, 1.807) is 4.90 Å². The van der Waals surface area contributed by atoms with E-state index in [0.29, 0.717) is 25.9 Å². The van der Waals surface area contributed by atoms with Crippen LogP contribution in [0.4, 0.5) is 18.9 Å². The number of nitrogens with zero attached hydrogens (tertiary/aromatic N) is 1. The summed E-state index contributed by atoms with van der Waals surface area (Å²) >= 11 is 0.898. The molecule has 1 saturated heterocycles. The molecule has 2 aliphatic heterocycles. The zero-order chi connectivity index (χ0) is 20.6. The van der Waals surface area contributed by atoms with Gasteiger partial charge in [0.1, 0.15) is 0 Å². The first kappa shape index (κ1) is 19.8. The predicted octanol–water partition coefficient (Wildman–Crippen LogP) is 4.31. The number of hydrogen-bond donors (Lipinski definition) is 1. The Labute approximate surface area is 170 Å². The Bertz CT molecular complexity index is 953. The lowest BCUT2D eigenvalue weighted by molar-refractivity contribution is -0.139. The lowest BCUT2D eigenvalue weighted by Crippen LogP contribution is -2.48. The number of likely N-dealkylation sites (tertiary alicyclic amines) is 1. The minimum atomic E-state index is -4.45. The molecule has 2 aliphatic rings. The number of para-hydroxylation sites is 1. The molecule has 4 nitrogen and oxygen atoms in total. The van der Waals surface area contributed by atoms with Crippen molar-refractivity contribution in [3.05, 3.63) is 59.7 Å². The average Bonchev–Trinajstić information content (AvgIpc) is 2.98. The maximum atomic E-state index is 13.1. The van der Waals surface area contributed by atoms with E-state index in [1.807, 2.05) is 24.3 Å². The Morgan fingerprint density at radius 2 is 1.72 bits per heavy atom. The molecule has 0 unspecified atom stereocenters. The second-order valence-corrected chi connectivity index (χ2v) is 8.26. The third-order valence-electron chi connectivity index (χ3n) is 5.64. The third-order valence-corrected chi connectivity index (χ3v) is 6.70. The zero-order valence-electron chi connectivity index (χ0n) is 15.5. The van der Waals surface area contributed by atoms with Gasteiger partial charge in [0.2, 0.25) is 11.8 Å². The van der Waals surface area contributed by atoms with Crippen molar-refractivity contribution in [2.75, 3.05) is 24.2 Å². The number of hydrogen-bond acceptors (Lipinski definition) is 3. The second-order valence-electron chi connectivity index (χ2n) is 7.25. The number of amides is 2. The standard InChI is InChI=1S/C21H19F3N2O2S/c22-21(23,24)15-6-2-4-8-17(15)29-13-18(27)26-11-9-20(10-12-26)14-5-1-3-7-16(14)25-19(20)28/h1-8H,9-13H2,(H,25,28). The van der Waals surface area contributed by atoms with Crippen LogP contribution in [-0.4, -0.2) is 35.6 Å². The van der Waals surface area contributed by atoms with E-state index >= 15 is 0 Å². The third kappa shape index (κ3) is 3.61. The highest BCUT2D eigenvalue weighted by Gasteiger charge is 2.48. The molecule has 2 amide bonds. The van der Waals surface area contributed by atoms with Crippen molar-refractivity contribution in [3.8, 4) is 0 Å². The monoisotopic (exact) mass is 420 g/mol. The molecule has 1 N–H and O–H groups in total. The van der Waals surface area contributed by atoms with E-state index in [9.17, 15) is 22.8 Å². The van der Waals surface area contributed by atoms with Crippen LogP contribution in [0.15, 0.2) is 53.4 Å². The predicted molar refractivity (Wildman–Crippen MR) is 105 cm³/mol. The number of carbonyl (C=O) groups excluding carboxylic acids is 2. The van der Waals surface area contributed by atoms with Gasteiger partial charge < -0.3 is 10.2 Å². The highest BCUT2D eigenvalue weighted by atomic mass is 32.2. The fraction of sp³-hybridized carbons (Fsp3) is 0.333. The van der Waals surface area contributed by atoms with E-state index in [0.717, 1.165) is 29.1 Å². The van der Waals surface area contributed by atoms with Gasteiger partial charge in [-0.05, 0) is 36.6 Å². The van der Waals surface area contributed by atoms with Crippen molar-refractivity contribution in [1.29, 1.82) is 0 Å². The van der Waals surface area contributed by atoms with E-state index < -0.39 is 17.2 Å². The van der Waals surface area contributed by atoms with Gasteiger partial charge in [0.25, 0.3) is 0 Å². The van der Waals surface area contributed by atoms with Crippen LogP contribution < -0.4 is 5.32 Å². The smallest absolute Gasteiger partial charge is 0.342 e. The Balaban J connectivity index is 1.40. The molecule has 1 fully saturated rings. The number of nitrogens with one attached hydrogen (secondary N) is 1. The van der Waals surface area contributed by atoms with E-state index in [2.05, 4.69) is 5.32 Å². The van der Waals surface area contributed by atoms with Crippen molar-refractivity contribution in [2.45, 2.75) is 29.3 Å². The van der Waals surface area contributed by atoms with Crippen molar-refractivity contribution >= 4 is 29.3 Å². The van der Waals surface area contributed by atoms with Gasteiger partial charge >= 0.3 is 6.18 Å². The first-order chi connectivity index (χ1) is 13.8. The fourth-order valence-electron chi connectivity index (χ4n) is 4.07. The molecule has 2 heterocycles. The summed E-state index contributed by atoms with van der Waals surface area (Å²) in [4.78, 5) is 26.9. The number of alkyl halides is 3. The Morgan fingerprint density at radius 1 is 1.07 bits per heavy atom. The number of fused-ring (bicyclic) bond motifs is 2. The lowest BCUT2D eigenvalue weighted by atomic mass is 9.73. The summed E-state index contributed by atoms with van der Waals surface area (Å²) in [7, 11) is 0. The summed E-state index contributed by atoms with van der Waals surface area (Å²) in [6.45, 7) is 0.810. The van der Waals surface area contributed by atoms with Crippen LogP contribution in [0.2, 0.25) is 0 Å². The van der Waals surface area contributed by atoms with Crippen LogP contribution in [-0.2, 0) is 21.2 Å². The summed E-state index contributed by atoms with van der Waals surface area (Å²) in [6, 6.07) is 12.8. The van der Waals surface area contributed by atoms with Crippen molar-refractivity contribution in [3.63, 3.8) is 0 Å². The molecule has 8 heteroatoms. The molecule has 0 radical (unpaired) electrons. The molecule has 0 bridgehead atoms. The Kier molecular flexibility index (Phi) is 5.06. The van der Waals surface area contributed by atoms with Crippen molar-refractivity contribution < 1.29 is 22.8 Å². The Morgan fingerprint density at radius 3 is 2.45 bits per heavy atom.